The molecule has 12 heteroatoms. The first-order valence-corrected chi connectivity index (χ1v) is 16.0. The number of nitrogens with zero attached hydrogens (tertiary/aromatic N) is 2. The molecule has 4 unspecified atom stereocenters. The van der Waals surface area contributed by atoms with Crippen molar-refractivity contribution in [2.45, 2.75) is 116 Å². The van der Waals surface area contributed by atoms with Crippen molar-refractivity contribution in [3.8, 4) is 10.4 Å². The number of aryl methyl sites for hydroxylation is 1. The fourth-order valence-corrected chi connectivity index (χ4v) is 6.29. The van der Waals surface area contributed by atoms with Crippen LogP contribution in [0, 0.1) is 12.3 Å². The van der Waals surface area contributed by atoms with E-state index < -0.39 is 64.9 Å². The molecule has 2 heterocycles. The van der Waals surface area contributed by atoms with Gasteiger partial charge < -0.3 is 20.6 Å². The van der Waals surface area contributed by atoms with Crippen LogP contribution in [0.15, 0.2) is 29.8 Å². The fourth-order valence-electron chi connectivity index (χ4n) is 5.48. The van der Waals surface area contributed by atoms with Crippen molar-refractivity contribution in [3.05, 3.63) is 41.0 Å². The van der Waals surface area contributed by atoms with Gasteiger partial charge in [-0.2, -0.15) is 0 Å². The minimum absolute atomic E-state index is 0.0247. The maximum Gasteiger partial charge on any atom is 0.258 e. The number of nitrogens with one attached hydrogen (secondary N) is 3. The van der Waals surface area contributed by atoms with Gasteiger partial charge in [0.15, 0.2) is 5.67 Å². The summed E-state index contributed by atoms with van der Waals surface area (Å²) in [5, 5.41) is 19.4. The van der Waals surface area contributed by atoms with Crippen LogP contribution in [-0.4, -0.2) is 74.9 Å². The lowest BCUT2D eigenvalue weighted by molar-refractivity contribution is -0.146. The van der Waals surface area contributed by atoms with E-state index >= 15 is 4.39 Å². The second kappa shape index (κ2) is 12.8. The number of aliphatic hydroxyl groups is 1. The highest BCUT2D eigenvalue weighted by molar-refractivity contribution is 7.13. The van der Waals surface area contributed by atoms with Crippen molar-refractivity contribution in [1.82, 2.24) is 25.8 Å². The van der Waals surface area contributed by atoms with Crippen LogP contribution in [0.4, 0.5) is 8.78 Å². The highest BCUT2D eigenvalue weighted by Gasteiger charge is 2.53. The summed E-state index contributed by atoms with van der Waals surface area (Å²) >= 11 is 1.52. The van der Waals surface area contributed by atoms with Crippen LogP contribution < -0.4 is 16.0 Å². The second-order valence-electron chi connectivity index (χ2n) is 14.1. The molecule has 0 spiro atoms. The largest absolute Gasteiger partial charge is 0.379 e. The number of halogens is 2. The predicted molar refractivity (Wildman–Crippen MR) is 166 cm³/mol. The minimum atomic E-state index is -1.99. The molecule has 3 amide bonds. The summed E-state index contributed by atoms with van der Waals surface area (Å²) in [5.41, 5.74) is 1.11. The van der Waals surface area contributed by atoms with Gasteiger partial charge in [-0.3, -0.25) is 19.7 Å². The number of rotatable bonds is 10. The van der Waals surface area contributed by atoms with Crippen LogP contribution in [0.25, 0.3) is 10.4 Å². The van der Waals surface area contributed by atoms with E-state index in [1.807, 2.05) is 52.0 Å². The SMILES string of the molecule is Cc1ncsc1-c1ccc(C(CC(O)NC(C)(C)C)NC(=O)C2[C@@H](F)CCN2C(=O)C(NC(=O)C2(F)CC2)C(C)(C)C)cc1. The lowest BCUT2D eigenvalue weighted by Gasteiger charge is -2.36. The summed E-state index contributed by atoms with van der Waals surface area (Å²) in [6, 6.07) is 4.21. The number of thiazole rings is 1. The van der Waals surface area contributed by atoms with E-state index in [-0.39, 0.29) is 32.2 Å². The summed E-state index contributed by atoms with van der Waals surface area (Å²) in [5.74, 6) is -2.20. The van der Waals surface area contributed by atoms with Gasteiger partial charge in [0.05, 0.1) is 22.1 Å². The third-order valence-corrected chi connectivity index (χ3v) is 9.03. The highest BCUT2D eigenvalue weighted by Crippen LogP contribution is 2.40. The van der Waals surface area contributed by atoms with Crippen LogP contribution >= 0.6 is 11.3 Å². The number of alkyl halides is 2. The number of carbonyl (C=O) groups is 3. The number of carbonyl (C=O) groups excluding carboxylic acids is 3. The van der Waals surface area contributed by atoms with Crippen LogP contribution in [0.2, 0.25) is 0 Å². The highest BCUT2D eigenvalue weighted by atomic mass is 32.1. The lowest BCUT2D eigenvalue weighted by Crippen LogP contribution is -2.60. The Bertz CT molecular complexity index is 1350. The van der Waals surface area contributed by atoms with E-state index in [1.54, 1.807) is 26.3 Å². The van der Waals surface area contributed by atoms with Gasteiger partial charge >= 0.3 is 0 Å². The molecule has 5 atom stereocenters. The summed E-state index contributed by atoms with van der Waals surface area (Å²) < 4.78 is 29.9. The molecule has 0 bridgehead atoms. The fraction of sp³-hybridized carbons (Fsp3) is 0.625. The Balaban J connectivity index is 1.57. The van der Waals surface area contributed by atoms with Crippen LogP contribution in [0.5, 0.6) is 0 Å². The lowest BCUT2D eigenvalue weighted by atomic mass is 9.85. The zero-order chi connectivity index (χ0) is 32.6. The van der Waals surface area contributed by atoms with E-state index in [4.69, 9.17) is 0 Å². The normalized spacial score (nSPS) is 21.8. The zero-order valence-electron chi connectivity index (χ0n) is 26.5. The van der Waals surface area contributed by atoms with Crippen molar-refractivity contribution in [2.24, 2.45) is 5.41 Å². The molecular formula is C32H45F2N5O4S. The quantitative estimate of drug-likeness (QED) is 0.289. The van der Waals surface area contributed by atoms with Crippen molar-refractivity contribution in [1.29, 1.82) is 0 Å². The van der Waals surface area contributed by atoms with E-state index in [1.165, 1.54) is 11.3 Å². The third-order valence-electron chi connectivity index (χ3n) is 8.06. The maximum absolute atomic E-state index is 15.4. The molecule has 4 rings (SSSR count). The summed E-state index contributed by atoms with van der Waals surface area (Å²) in [6.45, 7) is 12.8. The van der Waals surface area contributed by atoms with Gasteiger partial charge in [-0.25, -0.2) is 13.8 Å². The van der Waals surface area contributed by atoms with Crippen molar-refractivity contribution < 1.29 is 28.3 Å². The third kappa shape index (κ3) is 8.00. The average Bonchev–Trinajstić information content (AvgIpc) is 3.33. The molecule has 44 heavy (non-hydrogen) atoms. The number of aromatic nitrogens is 1. The molecule has 242 valence electrons. The summed E-state index contributed by atoms with van der Waals surface area (Å²) in [6.07, 6.45) is -2.42. The van der Waals surface area contributed by atoms with Crippen molar-refractivity contribution >= 4 is 29.1 Å². The standard InChI is InChI=1S/C32H45F2N5O4S/c1-18-25(44-17-35-18)20-10-8-19(9-11-20)22(16-23(40)38-31(5,6)7)36-27(41)24-21(33)12-15-39(24)28(42)26(30(2,3)4)37-29(43)32(34)13-14-32/h8-11,17,21-24,26,38,40H,12-16H2,1-7H3,(H,36,41)(H,37,43)/t21-,22?,23?,24?,26?/m0/s1. The number of hydrogen-bond donors (Lipinski definition) is 4. The van der Waals surface area contributed by atoms with Crippen LogP contribution in [0.1, 0.15) is 84.5 Å². The Morgan fingerprint density at radius 2 is 1.75 bits per heavy atom. The molecule has 2 fully saturated rings. The Hall–Kier alpha value is -2.96. The first-order chi connectivity index (χ1) is 20.4. The van der Waals surface area contributed by atoms with E-state index in [9.17, 15) is 23.9 Å². The number of likely N-dealkylation sites (tertiary alicyclic amines) is 1. The minimum Gasteiger partial charge on any atom is -0.379 e. The van der Waals surface area contributed by atoms with Crippen LogP contribution in [0.3, 0.4) is 0 Å². The Labute approximate surface area is 262 Å². The van der Waals surface area contributed by atoms with Gasteiger partial charge in [0.25, 0.3) is 5.91 Å². The molecule has 1 aromatic heterocycles. The van der Waals surface area contributed by atoms with Gasteiger partial charge in [0.1, 0.15) is 24.5 Å². The molecule has 1 aromatic carbocycles. The number of benzene rings is 1. The molecule has 1 saturated heterocycles. The predicted octanol–water partition coefficient (Wildman–Crippen LogP) is 4.34. The van der Waals surface area contributed by atoms with E-state index in [0.29, 0.717) is 5.56 Å². The summed E-state index contributed by atoms with van der Waals surface area (Å²) in [4.78, 5) is 46.6. The molecule has 1 aliphatic heterocycles. The Kier molecular flexibility index (Phi) is 9.87. The number of hydrogen-bond acceptors (Lipinski definition) is 7. The molecule has 2 aromatic rings. The topological polar surface area (TPSA) is 124 Å². The van der Waals surface area contributed by atoms with Gasteiger partial charge in [0.2, 0.25) is 11.8 Å². The van der Waals surface area contributed by atoms with Crippen LogP contribution in [-0.2, 0) is 14.4 Å². The average molecular weight is 634 g/mol. The molecule has 4 N–H and O–H groups in total. The van der Waals surface area contributed by atoms with Gasteiger partial charge in [-0.15, -0.1) is 11.3 Å². The first kappa shape index (κ1) is 33.9. The summed E-state index contributed by atoms with van der Waals surface area (Å²) in [7, 11) is 0. The molecule has 0 radical (unpaired) electrons. The first-order valence-electron chi connectivity index (χ1n) is 15.1. The molecular weight excluding hydrogens is 588 g/mol. The second-order valence-corrected chi connectivity index (χ2v) is 15.0. The number of amides is 3. The van der Waals surface area contributed by atoms with Gasteiger partial charge in [0, 0.05) is 18.5 Å². The van der Waals surface area contributed by atoms with E-state index in [0.717, 1.165) is 21.0 Å². The monoisotopic (exact) mass is 633 g/mol. The molecule has 1 saturated carbocycles. The Morgan fingerprint density at radius 3 is 2.27 bits per heavy atom. The zero-order valence-corrected chi connectivity index (χ0v) is 27.4. The van der Waals surface area contributed by atoms with Gasteiger partial charge in [-0.1, -0.05) is 45.0 Å². The molecule has 9 nitrogen and oxygen atoms in total. The van der Waals surface area contributed by atoms with Gasteiger partial charge in [-0.05, 0) is 63.5 Å². The molecule has 1 aliphatic carbocycles. The Morgan fingerprint density at radius 1 is 1.11 bits per heavy atom. The van der Waals surface area contributed by atoms with Crippen molar-refractivity contribution in [2.75, 3.05) is 6.54 Å². The van der Waals surface area contributed by atoms with Crippen molar-refractivity contribution in [3.63, 3.8) is 0 Å². The smallest absolute Gasteiger partial charge is 0.258 e. The number of aliphatic hydroxyl groups excluding tert-OH is 1. The maximum atomic E-state index is 15.4. The molecule has 2 aliphatic rings. The van der Waals surface area contributed by atoms with E-state index in [2.05, 4.69) is 20.9 Å².